The zero-order valence-electron chi connectivity index (χ0n) is 9.85. The Morgan fingerprint density at radius 1 is 1.12 bits per heavy atom. The van der Waals surface area contributed by atoms with E-state index < -0.39 is 17.5 Å². The molecule has 0 radical (unpaired) electrons. The first kappa shape index (κ1) is 12.4. The maximum atomic E-state index is 13.0. The van der Waals surface area contributed by atoms with Crippen molar-refractivity contribution < 1.29 is 13.2 Å². The van der Waals surface area contributed by atoms with Crippen LogP contribution in [0.25, 0.3) is 0 Å². The summed E-state index contributed by atoms with van der Waals surface area (Å²) in [5.74, 6) is -3.12. The highest BCUT2D eigenvalue weighted by Crippen LogP contribution is 2.22. The molecule has 0 N–H and O–H groups in total. The summed E-state index contributed by atoms with van der Waals surface area (Å²) in [5.41, 5.74) is 0.552. The van der Waals surface area contributed by atoms with Crippen LogP contribution < -0.4 is 0 Å². The first-order chi connectivity index (χ1) is 8.06. The van der Waals surface area contributed by atoms with E-state index in [2.05, 4.69) is 11.9 Å². The predicted octanol–water partition coefficient (Wildman–Crippen LogP) is 2.99. The van der Waals surface area contributed by atoms with Gasteiger partial charge in [0.05, 0.1) is 0 Å². The Morgan fingerprint density at radius 3 is 2.18 bits per heavy atom. The molecular weight excluding hydrogens is 227 g/mol. The van der Waals surface area contributed by atoms with E-state index in [1.807, 2.05) is 0 Å². The number of nitrogens with zero attached hydrogens (tertiary/aromatic N) is 1. The van der Waals surface area contributed by atoms with Gasteiger partial charge in [0.1, 0.15) is 0 Å². The van der Waals surface area contributed by atoms with Crippen LogP contribution in [0.4, 0.5) is 13.2 Å². The molecule has 1 nitrogen and oxygen atoms in total. The van der Waals surface area contributed by atoms with E-state index in [9.17, 15) is 13.2 Å². The molecule has 0 unspecified atom stereocenters. The van der Waals surface area contributed by atoms with Crippen LogP contribution >= 0.6 is 0 Å². The van der Waals surface area contributed by atoms with Gasteiger partial charge in [0.2, 0.25) is 0 Å². The molecule has 0 aliphatic carbocycles. The zero-order valence-corrected chi connectivity index (χ0v) is 9.85. The Balaban J connectivity index is 2.04. The molecule has 1 aromatic rings. The van der Waals surface area contributed by atoms with Gasteiger partial charge in [-0.05, 0) is 63.0 Å². The van der Waals surface area contributed by atoms with Crippen molar-refractivity contribution in [2.24, 2.45) is 5.92 Å². The molecule has 0 spiro atoms. The van der Waals surface area contributed by atoms with Gasteiger partial charge in [0, 0.05) is 0 Å². The van der Waals surface area contributed by atoms with Gasteiger partial charge < -0.3 is 4.90 Å². The van der Waals surface area contributed by atoms with Crippen molar-refractivity contribution in [1.82, 2.24) is 4.90 Å². The van der Waals surface area contributed by atoms with Crippen molar-refractivity contribution in [1.29, 1.82) is 0 Å². The lowest BCUT2D eigenvalue weighted by Gasteiger charge is -2.28. The molecule has 2 rings (SSSR count). The Morgan fingerprint density at radius 2 is 1.65 bits per heavy atom. The second-order valence-corrected chi connectivity index (χ2v) is 4.82. The molecule has 1 saturated heterocycles. The summed E-state index contributed by atoms with van der Waals surface area (Å²) in [6, 6.07) is 2.22. The van der Waals surface area contributed by atoms with Crippen molar-refractivity contribution >= 4 is 0 Å². The van der Waals surface area contributed by atoms with Crippen LogP contribution in [0.2, 0.25) is 0 Å². The molecule has 1 fully saturated rings. The molecule has 94 valence electrons. The summed E-state index contributed by atoms with van der Waals surface area (Å²) < 4.78 is 38.9. The molecule has 0 bridgehead atoms. The van der Waals surface area contributed by atoms with Gasteiger partial charge in [-0.25, -0.2) is 13.2 Å². The number of hydrogen-bond donors (Lipinski definition) is 0. The van der Waals surface area contributed by atoms with Crippen molar-refractivity contribution in [2.45, 2.75) is 19.3 Å². The summed E-state index contributed by atoms with van der Waals surface area (Å²) >= 11 is 0. The quantitative estimate of drug-likeness (QED) is 0.722. The van der Waals surface area contributed by atoms with Gasteiger partial charge in [-0.15, -0.1) is 0 Å². The lowest BCUT2D eigenvalue weighted by Crippen LogP contribution is -2.31. The number of halogens is 3. The highest BCUT2D eigenvalue weighted by atomic mass is 19.2. The summed E-state index contributed by atoms with van der Waals surface area (Å²) in [7, 11) is 2.06. The van der Waals surface area contributed by atoms with Crippen LogP contribution in [0.5, 0.6) is 0 Å². The number of benzene rings is 1. The average Bonchev–Trinajstić information content (AvgIpc) is 2.29. The fraction of sp³-hybridized carbons (Fsp3) is 0.538. The number of rotatable bonds is 2. The van der Waals surface area contributed by atoms with Gasteiger partial charge in [-0.1, -0.05) is 0 Å². The SMILES string of the molecule is CN1CCC(Cc2cc(F)c(F)c(F)c2)CC1. The molecule has 0 atom stereocenters. The van der Waals surface area contributed by atoms with Crippen molar-refractivity contribution in [3.63, 3.8) is 0 Å². The Hall–Kier alpha value is -1.03. The highest BCUT2D eigenvalue weighted by molar-refractivity contribution is 5.20. The number of piperidine rings is 1. The lowest BCUT2D eigenvalue weighted by atomic mass is 9.90. The standard InChI is InChI=1S/C13H16F3N/c1-17-4-2-9(3-5-17)6-10-7-11(14)13(16)12(15)8-10/h7-9H,2-6H2,1H3. The topological polar surface area (TPSA) is 3.24 Å². The minimum Gasteiger partial charge on any atom is -0.306 e. The largest absolute Gasteiger partial charge is 0.306 e. The zero-order chi connectivity index (χ0) is 12.4. The van der Waals surface area contributed by atoms with Crippen LogP contribution in [0, 0.1) is 23.4 Å². The minimum absolute atomic E-state index is 0.440. The summed E-state index contributed by atoms with van der Waals surface area (Å²) in [6.45, 7) is 2.02. The second kappa shape index (κ2) is 5.08. The molecule has 1 aromatic carbocycles. The smallest absolute Gasteiger partial charge is 0.194 e. The molecule has 0 amide bonds. The third-order valence-electron chi connectivity index (χ3n) is 3.41. The molecule has 1 heterocycles. The normalized spacial score (nSPS) is 18.6. The van der Waals surface area contributed by atoms with E-state index in [0.717, 1.165) is 38.1 Å². The molecule has 1 aliphatic rings. The Bertz CT molecular complexity index is 375. The maximum absolute atomic E-state index is 13.0. The van der Waals surface area contributed by atoms with Crippen LogP contribution in [0.1, 0.15) is 18.4 Å². The molecule has 4 heteroatoms. The fourth-order valence-electron chi connectivity index (χ4n) is 2.33. The predicted molar refractivity (Wildman–Crippen MR) is 60.2 cm³/mol. The Labute approximate surface area is 99.2 Å². The maximum Gasteiger partial charge on any atom is 0.194 e. The van der Waals surface area contributed by atoms with Gasteiger partial charge in [-0.2, -0.15) is 0 Å². The monoisotopic (exact) mass is 243 g/mol. The highest BCUT2D eigenvalue weighted by Gasteiger charge is 2.18. The van der Waals surface area contributed by atoms with Gasteiger partial charge in [0.15, 0.2) is 17.5 Å². The summed E-state index contributed by atoms with van der Waals surface area (Å²) in [6.07, 6.45) is 2.68. The molecule has 0 aromatic heterocycles. The van der Waals surface area contributed by atoms with Gasteiger partial charge in [-0.3, -0.25) is 0 Å². The van der Waals surface area contributed by atoms with E-state index in [4.69, 9.17) is 0 Å². The van der Waals surface area contributed by atoms with Crippen LogP contribution in [0.3, 0.4) is 0 Å². The second-order valence-electron chi connectivity index (χ2n) is 4.82. The first-order valence-electron chi connectivity index (χ1n) is 5.88. The average molecular weight is 243 g/mol. The summed E-state index contributed by atoms with van der Waals surface area (Å²) in [4.78, 5) is 2.24. The van der Waals surface area contributed by atoms with E-state index in [0.29, 0.717) is 17.9 Å². The summed E-state index contributed by atoms with van der Waals surface area (Å²) in [5, 5.41) is 0. The van der Waals surface area contributed by atoms with Crippen molar-refractivity contribution in [3.05, 3.63) is 35.1 Å². The third kappa shape index (κ3) is 3.00. The van der Waals surface area contributed by atoms with E-state index >= 15 is 0 Å². The fourth-order valence-corrected chi connectivity index (χ4v) is 2.33. The van der Waals surface area contributed by atoms with E-state index in [1.165, 1.54) is 0 Å². The van der Waals surface area contributed by atoms with E-state index in [-0.39, 0.29) is 0 Å². The van der Waals surface area contributed by atoms with Crippen LogP contribution in [-0.2, 0) is 6.42 Å². The molecule has 17 heavy (non-hydrogen) atoms. The van der Waals surface area contributed by atoms with E-state index in [1.54, 1.807) is 0 Å². The minimum atomic E-state index is -1.38. The molecule has 0 saturated carbocycles. The number of likely N-dealkylation sites (tertiary alicyclic amines) is 1. The molecular formula is C13H16F3N. The third-order valence-corrected chi connectivity index (χ3v) is 3.41. The van der Waals surface area contributed by atoms with Crippen LogP contribution in [0.15, 0.2) is 12.1 Å². The van der Waals surface area contributed by atoms with Gasteiger partial charge >= 0.3 is 0 Å². The van der Waals surface area contributed by atoms with Crippen LogP contribution in [-0.4, -0.2) is 25.0 Å². The van der Waals surface area contributed by atoms with Crippen molar-refractivity contribution in [3.8, 4) is 0 Å². The lowest BCUT2D eigenvalue weighted by molar-refractivity contribution is 0.219. The number of hydrogen-bond acceptors (Lipinski definition) is 1. The first-order valence-corrected chi connectivity index (χ1v) is 5.88. The molecule has 1 aliphatic heterocycles. The Kier molecular flexibility index (Phi) is 3.72. The van der Waals surface area contributed by atoms with Crippen molar-refractivity contribution in [2.75, 3.05) is 20.1 Å². The van der Waals surface area contributed by atoms with Gasteiger partial charge in [0.25, 0.3) is 0 Å².